The van der Waals surface area contributed by atoms with Crippen molar-refractivity contribution in [3.05, 3.63) is 66.1 Å². The van der Waals surface area contributed by atoms with Gasteiger partial charge in [-0.2, -0.15) is 0 Å². The number of nitrogens with one attached hydrogen (secondary N) is 1. The van der Waals surface area contributed by atoms with E-state index in [1.54, 1.807) is 31.9 Å². The van der Waals surface area contributed by atoms with E-state index < -0.39 is 0 Å². The summed E-state index contributed by atoms with van der Waals surface area (Å²) in [6.45, 7) is 1.96. The molecule has 4 aromatic rings. The Hall–Kier alpha value is -3.32. The number of hydrogen-bond acceptors (Lipinski definition) is 6. The van der Waals surface area contributed by atoms with Crippen molar-refractivity contribution in [2.24, 2.45) is 0 Å². The van der Waals surface area contributed by atoms with Crippen LogP contribution in [0.1, 0.15) is 5.69 Å². The van der Waals surface area contributed by atoms with Crippen molar-refractivity contribution >= 4 is 22.2 Å². The summed E-state index contributed by atoms with van der Waals surface area (Å²) in [5.74, 6) is 1.56. The van der Waals surface area contributed by atoms with E-state index in [4.69, 9.17) is 14.5 Å². The first-order chi connectivity index (χ1) is 13.7. The second-order valence-corrected chi connectivity index (χ2v) is 7.03. The minimum Gasteiger partial charge on any atom is -0.496 e. The van der Waals surface area contributed by atoms with Crippen molar-refractivity contribution in [1.29, 1.82) is 0 Å². The normalized spacial score (nSPS) is 10.7. The Morgan fingerprint density at radius 1 is 1.04 bits per heavy atom. The van der Waals surface area contributed by atoms with Gasteiger partial charge in [-0.05, 0) is 31.2 Å². The van der Waals surface area contributed by atoms with Gasteiger partial charge in [-0.1, -0.05) is 12.1 Å². The van der Waals surface area contributed by atoms with E-state index in [-0.39, 0.29) is 0 Å². The lowest BCUT2D eigenvalue weighted by molar-refractivity contribution is 0.413. The van der Waals surface area contributed by atoms with Crippen LogP contribution in [0.25, 0.3) is 16.9 Å². The maximum atomic E-state index is 5.57. The number of thiazole rings is 1. The van der Waals surface area contributed by atoms with E-state index in [9.17, 15) is 0 Å². The van der Waals surface area contributed by atoms with Gasteiger partial charge in [0, 0.05) is 28.9 Å². The maximum Gasteiger partial charge on any atom is 0.187 e. The third-order valence-corrected chi connectivity index (χ3v) is 5.07. The van der Waals surface area contributed by atoms with Gasteiger partial charge in [0.15, 0.2) is 5.13 Å². The zero-order valence-corrected chi connectivity index (χ0v) is 16.7. The van der Waals surface area contributed by atoms with Crippen LogP contribution >= 0.6 is 11.3 Å². The lowest BCUT2D eigenvalue weighted by Crippen LogP contribution is -1.97. The van der Waals surface area contributed by atoms with Crippen molar-refractivity contribution in [2.75, 3.05) is 19.5 Å². The Labute approximate surface area is 167 Å². The highest BCUT2D eigenvalue weighted by molar-refractivity contribution is 7.14. The number of benzene rings is 2. The first-order valence-corrected chi connectivity index (χ1v) is 9.61. The molecule has 0 saturated carbocycles. The lowest BCUT2D eigenvalue weighted by atomic mass is 10.1. The Morgan fingerprint density at radius 2 is 1.86 bits per heavy atom. The van der Waals surface area contributed by atoms with Gasteiger partial charge in [0.1, 0.15) is 11.5 Å². The third kappa shape index (κ3) is 3.57. The van der Waals surface area contributed by atoms with Crippen LogP contribution in [0.5, 0.6) is 11.5 Å². The van der Waals surface area contributed by atoms with Gasteiger partial charge in [0.05, 0.1) is 37.6 Å². The van der Waals surface area contributed by atoms with Crippen LogP contribution in [0.15, 0.2) is 60.4 Å². The zero-order chi connectivity index (χ0) is 19.5. The fraction of sp³-hybridized carbons (Fsp3) is 0.143. The van der Waals surface area contributed by atoms with Crippen LogP contribution < -0.4 is 14.8 Å². The molecular weight excluding hydrogens is 372 g/mol. The van der Waals surface area contributed by atoms with Crippen molar-refractivity contribution in [3.8, 4) is 28.4 Å². The number of imidazole rings is 1. The molecule has 1 N–H and O–H groups in total. The molecule has 0 radical (unpaired) electrons. The quantitative estimate of drug-likeness (QED) is 0.497. The predicted molar refractivity (Wildman–Crippen MR) is 112 cm³/mol. The maximum absolute atomic E-state index is 5.57. The number of rotatable bonds is 6. The fourth-order valence-corrected chi connectivity index (χ4v) is 3.69. The van der Waals surface area contributed by atoms with E-state index >= 15 is 0 Å². The van der Waals surface area contributed by atoms with Crippen LogP contribution in [-0.4, -0.2) is 28.8 Å². The molecule has 2 aromatic carbocycles. The molecule has 0 fully saturated rings. The highest BCUT2D eigenvalue weighted by Gasteiger charge is 2.11. The van der Waals surface area contributed by atoms with Crippen molar-refractivity contribution in [3.63, 3.8) is 0 Å². The van der Waals surface area contributed by atoms with Gasteiger partial charge in [0.25, 0.3) is 0 Å². The van der Waals surface area contributed by atoms with Gasteiger partial charge >= 0.3 is 0 Å². The van der Waals surface area contributed by atoms with E-state index in [0.29, 0.717) is 0 Å². The fourth-order valence-electron chi connectivity index (χ4n) is 2.96. The third-order valence-electron chi connectivity index (χ3n) is 4.31. The molecule has 142 valence electrons. The number of ether oxygens (including phenoxy) is 2. The van der Waals surface area contributed by atoms with Crippen LogP contribution in [-0.2, 0) is 0 Å². The number of hydrogen-bond donors (Lipinski definition) is 1. The van der Waals surface area contributed by atoms with Crippen molar-refractivity contribution in [2.45, 2.75) is 6.92 Å². The molecule has 0 amide bonds. The number of anilines is 2. The minimum absolute atomic E-state index is 0.754. The zero-order valence-electron chi connectivity index (χ0n) is 15.8. The summed E-state index contributed by atoms with van der Waals surface area (Å²) in [5.41, 5.74) is 4.64. The molecule has 0 aliphatic rings. The molecule has 6 nitrogen and oxygen atoms in total. The summed E-state index contributed by atoms with van der Waals surface area (Å²) in [4.78, 5) is 8.97. The summed E-state index contributed by atoms with van der Waals surface area (Å²) in [7, 11) is 3.33. The first kappa shape index (κ1) is 18.1. The second-order valence-electron chi connectivity index (χ2n) is 6.17. The molecule has 7 heteroatoms. The van der Waals surface area contributed by atoms with Gasteiger partial charge < -0.3 is 19.4 Å². The highest BCUT2D eigenvalue weighted by Crippen LogP contribution is 2.34. The molecule has 0 bridgehead atoms. The Balaban J connectivity index is 1.59. The molecular formula is C21H20N4O2S. The van der Waals surface area contributed by atoms with Gasteiger partial charge in [-0.25, -0.2) is 9.97 Å². The molecule has 0 aliphatic carbocycles. The molecule has 4 rings (SSSR count). The largest absolute Gasteiger partial charge is 0.496 e. The van der Waals surface area contributed by atoms with Crippen LogP contribution in [0, 0.1) is 6.92 Å². The SMILES string of the molecule is COc1ccccc1-c1csc(Nc2ccc(-n3cnc(C)c3)c(OC)c2)n1. The lowest BCUT2D eigenvalue weighted by Gasteiger charge is -2.11. The van der Waals surface area contributed by atoms with Crippen LogP contribution in [0.4, 0.5) is 10.8 Å². The number of aromatic nitrogens is 3. The standard InChI is InChI=1S/C21H20N4O2S/c1-14-11-25(13-22-14)18-9-8-15(10-20(18)27-3)23-21-24-17(12-28-21)16-6-4-5-7-19(16)26-2/h4-13H,1-3H3,(H,23,24). The van der Waals surface area contributed by atoms with E-state index in [2.05, 4.69) is 10.3 Å². The van der Waals surface area contributed by atoms with Crippen molar-refractivity contribution < 1.29 is 9.47 Å². The molecule has 0 unspecified atom stereocenters. The minimum atomic E-state index is 0.754. The van der Waals surface area contributed by atoms with Crippen LogP contribution in [0.2, 0.25) is 0 Å². The first-order valence-electron chi connectivity index (χ1n) is 8.73. The molecule has 28 heavy (non-hydrogen) atoms. The summed E-state index contributed by atoms with van der Waals surface area (Å²) in [5, 5.41) is 6.17. The topological polar surface area (TPSA) is 61.2 Å². The average Bonchev–Trinajstić information content (AvgIpc) is 3.37. The number of nitrogens with zero attached hydrogens (tertiary/aromatic N) is 3. The summed E-state index contributed by atoms with van der Waals surface area (Å²) in [6, 6.07) is 13.8. The van der Waals surface area contributed by atoms with Gasteiger partial charge in [-0.3, -0.25) is 0 Å². The molecule has 0 saturated heterocycles. The van der Waals surface area contributed by atoms with E-state index in [0.717, 1.165) is 45.0 Å². The molecule has 0 atom stereocenters. The number of para-hydroxylation sites is 1. The molecule has 2 aromatic heterocycles. The van der Waals surface area contributed by atoms with Gasteiger partial charge in [0.2, 0.25) is 0 Å². The van der Waals surface area contributed by atoms with Crippen LogP contribution in [0.3, 0.4) is 0 Å². The summed E-state index contributed by atoms with van der Waals surface area (Å²) >= 11 is 1.54. The monoisotopic (exact) mass is 392 g/mol. The average molecular weight is 392 g/mol. The summed E-state index contributed by atoms with van der Waals surface area (Å²) in [6.07, 6.45) is 3.74. The van der Waals surface area contributed by atoms with Gasteiger partial charge in [-0.15, -0.1) is 11.3 Å². The number of aryl methyl sites for hydroxylation is 1. The van der Waals surface area contributed by atoms with E-state index in [1.807, 2.05) is 65.5 Å². The Bertz CT molecular complexity index is 1100. The molecule has 2 heterocycles. The Kier molecular flexibility index (Phi) is 4.99. The molecule has 0 aliphatic heterocycles. The number of methoxy groups -OCH3 is 2. The van der Waals surface area contributed by atoms with E-state index in [1.165, 1.54) is 0 Å². The second kappa shape index (κ2) is 7.74. The summed E-state index contributed by atoms with van der Waals surface area (Å²) < 4.78 is 13.0. The highest BCUT2D eigenvalue weighted by atomic mass is 32.1. The predicted octanol–water partition coefficient (Wildman–Crippen LogP) is 5.07. The Morgan fingerprint density at radius 3 is 2.61 bits per heavy atom. The van der Waals surface area contributed by atoms with Crippen molar-refractivity contribution in [1.82, 2.24) is 14.5 Å². The molecule has 0 spiro atoms. The smallest absolute Gasteiger partial charge is 0.187 e.